The molecular weight excluding hydrogens is 371 g/mol. The summed E-state index contributed by atoms with van der Waals surface area (Å²) in [5, 5.41) is 6.76. The highest BCUT2D eigenvalue weighted by atomic mass is 19.4. The van der Waals surface area contributed by atoms with Gasteiger partial charge in [0.15, 0.2) is 11.7 Å². The fourth-order valence-corrected chi connectivity index (χ4v) is 3.57. The largest absolute Gasteiger partial charge is 0.435 e. The summed E-state index contributed by atoms with van der Waals surface area (Å²) in [6.07, 6.45) is 3.36. The van der Waals surface area contributed by atoms with E-state index in [1.54, 1.807) is 12.5 Å². The summed E-state index contributed by atoms with van der Waals surface area (Å²) in [7, 11) is 1.48. The van der Waals surface area contributed by atoms with Crippen LogP contribution >= 0.6 is 0 Å². The van der Waals surface area contributed by atoms with Gasteiger partial charge in [-0.1, -0.05) is 6.92 Å². The molecule has 3 heterocycles. The van der Waals surface area contributed by atoms with E-state index in [4.69, 9.17) is 0 Å². The molecule has 2 atom stereocenters. The predicted molar refractivity (Wildman–Crippen MR) is 99.6 cm³/mol. The second-order valence-electron chi connectivity index (χ2n) is 7.13. The standard InChI is InChI=1S/C18H26F3N7/c1-4-23-17(24-9-14-10-26(3)25-16(14)18(19,20)21)27-7-5-13(2)15(11-27)28-8-6-22-12-28/h6,8,10,12-13,15H,4-5,7,9,11H2,1-3H3,(H,23,24). The number of aromatic nitrogens is 4. The molecule has 0 spiro atoms. The Labute approximate surface area is 162 Å². The van der Waals surface area contributed by atoms with Gasteiger partial charge < -0.3 is 14.8 Å². The second-order valence-corrected chi connectivity index (χ2v) is 7.13. The normalized spacial score (nSPS) is 21.2. The molecule has 0 aliphatic carbocycles. The molecule has 0 amide bonds. The molecule has 7 nitrogen and oxygen atoms in total. The molecule has 2 unspecified atom stereocenters. The summed E-state index contributed by atoms with van der Waals surface area (Å²) in [5.74, 6) is 1.10. The minimum Gasteiger partial charge on any atom is -0.357 e. The van der Waals surface area contributed by atoms with Crippen molar-refractivity contribution in [2.24, 2.45) is 18.0 Å². The molecule has 0 saturated carbocycles. The summed E-state index contributed by atoms with van der Waals surface area (Å²) >= 11 is 0. The number of nitrogens with zero attached hydrogens (tertiary/aromatic N) is 6. The third-order valence-corrected chi connectivity index (χ3v) is 5.03. The lowest BCUT2D eigenvalue weighted by atomic mass is 9.93. The maximum absolute atomic E-state index is 13.2. The molecule has 0 radical (unpaired) electrons. The van der Waals surface area contributed by atoms with Crippen LogP contribution < -0.4 is 5.32 Å². The molecule has 1 saturated heterocycles. The van der Waals surface area contributed by atoms with Crippen molar-refractivity contribution >= 4 is 5.96 Å². The highest BCUT2D eigenvalue weighted by Gasteiger charge is 2.37. The van der Waals surface area contributed by atoms with Crippen molar-refractivity contribution in [2.75, 3.05) is 19.6 Å². The van der Waals surface area contributed by atoms with E-state index in [0.29, 0.717) is 18.4 Å². The molecule has 1 fully saturated rings. The number of aliphatic imine (C=N–C) groups is 1. The van der Waals surface area contributed by atoms with E-state index in [1.807, 2.05) is 13.1 Å². The molecular formula is C18H26F3N7. The monoisotopic (exact) mass is 397 g/mol. The predicted octanol–water partition coefficient (Wildman–Crippen LogP) is 2.68. The highest BCUT2D eigenvalue weighted by Crippen LogP contribution is 2.31. The average Bonchev–Trinajstić information content (AvgIpc) is 3.28. The van der Waals surface area contributed by atoms with E-state index < -0.39 is 11.9 Å². The zero-order chi connectivity index (χ0) is 20.3. The average molecular weight is 397 g/mol. The Kier molecular flexibility index (Phi) is 5.95. The fourth-order valence-electron chi connectivity index (χ4n) is 3.57. The highest BCUT2D eigenvalue weighted by molar-refractivity contribution is 5.80. The number of halogens is 3. The van der Waals surface area contributed by atoms with Crippen LogP contribution in [0, 0.1) is 5.92 Å². The number of imidazole rings is 1. The quantitative estimate of drug-likeness (QED) is 0.637. The number of aryl methyl sites for hydroxylation is 1. The summed E-state index contributed by atoms with van der Waals surface area (Å²) in [6, 6.07) is 0.240. The van der Waals surface area contributed by atoms with Crippen molar-refractivity contribution in [2.45, 2.75) is 39.0 Å². The Bertz CT molecular complexity index is 795. The second kappa shape index (κ2) is 8.24. The van der Waals surface area contributed by atoms with Crippen LogP contribution in [0.4, 0.5) is 13.2 Å². The first-order valence-electron chi connectivity index (χ1n) is 9.40. The summed E-state index contributed by atoms with van der Waals surface area (Å²) in [6.45, 7) is 6.24. The zero-order valence-corrected chi connectivity index (χ0v) is 16.3. The van der Waals surface area contributed by atoms with Crippen LogP contribution in [0.2, 0.25) is 0 Å². The number of guanidine groups is 1. The number of nitrogens with one attached hydrogen (secondary N) is 1. The van der Waals surface area contributed by atoms with Crippen LogP contribution in [0.15, 0.2) is 29.9 Å². The summed E-state index contributed by atoms with van der Waals surface area (Å²) < 4.78 is 42.8. The maximum atomic E-state index is 13.2. The number of rotatable bonds is 4. The molecule has 0 bridgehead atoms. The van der Waals surface area contributed by atoms with E-state index in [-0.39, 0.29) is 18.2 Å². The van der Waals surface area contributed by atoms with Crippen molar-refractivity contribution in [1.29, 1.82) is 0 Å². The van der Waals surface area contributed by atoms with E-state index in [9.17, 15) is 13.2 Å². The Hall–Kier alpha value is -2.52. The Morgan fingerprint density at radius 3 is 2.82 bits per heavy atom. The fraction of sp³-hybridized carbons (Fsp3) is 0.611. The minimum atomic E-state index is -4.49. The van der Waals surface area contributed by atoms with Crippen LogP contribution in [0.3, 0.4) is 0 Å². The third kappa shape index (κ3) is 4.48. The van der Waals surface area contributed by atoms with Crippen molar-refractivity contribution < 1.29 is 13.2 Å². The molecule has 0 aromatic carbocycles. The van der Waals surface area contributed by atoms with Gasteiger partial charge in [-0.2, -0.15) is 18.3 Å². The van der Waals surface area contributed by atoms with Crippen molar-refractivity contribution in [3.63, 3.8) is 0 Å². The van der Waals surface area contributed by atoms with Gasteiger partial charge in [-0.25, -0.2) is 9.98 Å². The first-order valence-corrected chi connectivity index (χ1v) is 9.40. The van der Waals surface area contributed by atoms with Gasteiger partial charge in [0, 0.05) is 50.8 Å². The first kappa shape index (κ1) is 20.2. The van der Waals surface area contributed by atoms with E-state index in [1.165, 1.54) is 17.9 Å². The van der Waals surface area contributed by atoms with Gasteiger partial charge in [-0.05, 0) is 19.3 Å². The molecule has 3 rings (SSSR count). The maximum Gasteiger partial charge on any atom is 0.435 e. The van der Waals surface area contributed by atoms with Gasteiger partial charge in [-0.15, -0.1) is 0 Å². The van der Waals surface area contributed by atoms with Crippen LogP contribution in [-0.2, 0) is 19.8 Å². The van der Waals surface area contributed by atoms with Crippen LogP contribution in [0.25, 0.3) is 0 Å². The third-order valence-electron chi connectivity index (χ3n) is 5.03. The van der Waals surface area contributed by atoms with Crippen molar-refractivity contribution in [3.8, 4) is 0 Å². The molecule has 2 aromatic rings. The van der Waals surface area contributed by atoms with Crippen molar-refractivity contribution in [1.82, 2.24) is 29.5 Å². The first-order chi connectivity index (χ1) is 13.3. The number of likely N-dealkylation sites (tertiary alicyclic amines) is 1. The molecule has 10 heteroatoms. The Morgan fingerprint density at radius 2 is 2.18 bits per heavy atom. The van der Waals surface area contributed by atoms with Crippen molar-refractivity contribution in [3.05, 3.63) is 36.2 Å². The molecule has 2 aromatic heterocycles. The van der Waals surface area contributed by atoms with Crippen LogP contribution in [-0.4, -0.2) is 49.8 Å². The molecule has 1 N–H and O–H groups in total. The van der Waals surface area contributed by atoms with Gasteiger partial charge in [0.05, 0.1) is 18.9 Å². The van der Waals surface area contributed by atoms with E-state index >= 15 is 0 Å². The lowest BCUT2D eigenvalue weighted by Crippen LogP contribution is -2.49. The SMILES string of the molecule is CCNC(=NCc1cn(C)nc1C(F)(F)F)N1CCC(C)C(n2ccnc2)C1. The van der Waals surface area contributed by atoms with E-state index in [2.05, 4.69) is 36.8 Å². The van der Waals surface area contributed by atoms with Gasteiger partial charge >= 0.3 is 6.18 Å². The van der Waals surface area contributed by atoms with E-state index in [0.717, 1.165) is 19.5 Å². The van der Waals surface area contributed by atoms with Gasteiger partial charge in [0.1, 0.15) is 0 Å². The summed E-state index contributed by atoms with van der Waals surface area (Å²) in [4.78, 5) is 10.7. The Balaban J connectivity index is 1.80. The van der Waals surface area contributed by atoms with Crippen LogP contribution in [0.1, 0.15) is 37.6 Å². The number of hydrogen-bond acceptors (Lipinski definition) is 3. The summed E-state index contributed by atoms with van der Waals surface area (Å²) in [5.41, 5.74) is -0.805. The lowest BCUT2D eigenvalue weighted by Gasteiger charge is -2.39. The molecule has 154 valence electrons. The molecule has 1 aliphatic heterocycles. The smallest absolute Gasteiger partial charge is 0.357 e. The number of alkyl halides is 3. The lowest BCUT2D eigenvalue weighted by molar-refractivity contribution is -0.142. The molecule has 28 heavy (non-hydrogen) atoms. The van der Waals surface area contributed by atoms with Crippen LogP contribution in [0.5, 0.6) is 0 Å². The van der Waals surface area contributed by atoms with Gasteiger partial charge in [0.2, 0.25) is 0 Å². The number of hydrogen-bond donors (Lipinski definition) is 1. The topological polar surface area (TPSA) is 63.3 Å². The Morgan fingerprint density at radius 1 is 1.39 bits per heavy atom. The minimum absolute atomic E-state index is 0.0712. The molecule has 1 aliphatic rings. The zero-order valence-electron chi connectivity index (χ0n) is 16.3. The van der Waals surface area contributed by atoms with Gasteiger partial charge in [-0.3, -0.25) is 4.68 Å². The number of piperidine rings is 1. The van der Waals surface area contributed by atoms with Gasteiger partial charge in [0.25, 0.3) is 0 Å².